The van der Waals surface area contributed by atoms with Gasteiger partial charge >= 0.3 is 0 Å². The van der Waals surface area contributed by atoms with Gasteiger partial charge in [-0.25, -0.2) is 8.42 Å². The minimum atomic E-state index is -4.15. The van der Waals surface area contributed by atoms with Gasteiger partial charge in [-0.2, -0.15) is 0 Å². The average Bonchev–Trinajstić information content (AvgIpc) is 2.92. The van der Waals surface area contributed by atoms with Gasteiger partial charge < -0.3 is 10.2 Å². The van der Waals surface area contributed by atoms with Crippen LogP contribution in [0.25, 0.3) is 0 Å². The molecule has 0 heterocycles. The van der Waals surface area contributed by atoms with E-state index in [1.807, 2.05) is 58.9 Å². The molecule has 0 fully saturated rings. The number of rotatable bonds is 12. The highest BCUT2D eigenvalue weighted by atomic mass is 35.5. The van der Waals surface area contributed by atoms with Crippen LogP contribution in [0.3, 0.4) is 0 Å². The van der Waals surface area contributed by atoms with E-state index in [2.05, 4.69) is 5.32 Å². The Morgan fingerprint density at radius 3 is 2.02 bits per heavy atom. The lowest BCUT2D eigenvalue weighted by atomic mass is 10.1. The summed E-state index contributed by atoms with van der Waals surface area (Å²) in [5.41, 5.74) is 3.78. The quantitative estimate of drug-likeness (QED) is 0.276. The third-order valence-corrected chi connectivity index (χ3v) is 8.87. The van der Waals surface area contributed by atoms with E-state index in [0.29, 0.717) is 29.2 Å². The van der Waals surface area contributed by atoms with Crippen molar-refractivity contribution in [2.75, 3.05) is 17.4 Å². The number of halogens is 1. The third-order valence-electron chi connectivity index (χ3n) is 6.86. The second-order valence-corrected chi connectivity index (χ2v) is 13.1. The number of carbonyl (C=O) groups is 2. The number of benzene rings is 3. The number of amides is 2. The molecule has 0 unspecified atom stereocenters. The van der Waals surface area contributed by atoms with Gasteiger partial charge in [-0.1, -0.05) is 79.9 Å². The summed E-state index contributed by atoms with van der Waals surface area (Å²) in [6.45, 7) is 11.6. The van der Waals surface area contributed by atoms with Crippen LogP contribution < -0.4 is 9.62 Å². The van der Waals surface area contributed by atoms with Gasteiger partial charge in [0.05, 0.1) is 10.6 Å². The zero-order chi connectivity index (χ0) is 30.3. The Kier molecular flexibility index (Phi) is 11.0. The van der Waals surface area contributed by atoms with E-state index in [-0.39, 0.29) is 23.3 Å². The van der Waals surface area contributed by atoms with Gasteiger partial charge in [0.15, 0.2) is 0 Å². The van der Waals surface area contributed by atoms with Gasteiger partial charge in [-0.15, -0.1) is 0 Å². The first kappa shape index (κ1) is 32.2. The molecule has 0 aliphatic carbocycles. The highest BCUT2D eigenvalue weighted by Gasteiger charge is 2.34. The van der Waals surface area contributed by atoms with Crippen LogP contribution >= 0.6 is 11.6 Å². The highest BCUT2D eigenvalue weighted by molar-refractivity contribution is 7.92. The second-order valence-electron chi connectivity index (χ2n) is 10.8. The Hall–Kier alpha value is -3.36. The number of hydrogen-bond acceptors (Lipinski definition) is 4. The van der Waals surface area contributed by atoms with Crippen LogP contribution in [0.15, 0.2) is 71.6 Å². The van der Waals surface area contributed by atoms with Crippen molar-refractivity contribution >= 4 is 39.1 Å². The van der Waals surface area contributed by atoms with Crippen LogP contribution in [0.4, 0.5) is 5.69 Å². The number of sulfonamides is 1. The van der Waals surface area contributed by atoms with Crippen LogP contribution in [0, 0.1) is 26.7 Å². The van der Waals surface area contributed by atoms with Gasteiger partial charge in [-0.3, -0.25) is 13.9 Å². The van der Waals surface area contributed by atoms with Gasteiger partial charge in [0.1, 0.15) is 12.6 Å². The predicted octanol–water partition coefficient (Wildman–Crippen LogP) is 6.04. The molecule has 9 heteroatoms. The normalized spacial score (nSPS) is 12.2. The van der Waals surface area contributed by atoms with Crippen molar-refractivity contribution in [3.05, 3.63) is 94.0 Å². The van der Waals surface area contributed by atoms with Crippen molar-refractivity contribution in [1.82, 2.24) is 10.2 Å². The molecule has 0 saturated carbocycles. The monoisotopic (exact) mass is 597 g/mol. The summed E-state index contributed by atoms with van der Waals surface area (Å²) in [6.07, 6.45) is 0.367. The zero-order valence-corrected chi connectivity index (χ0v) is 26.2. The summed E-state index contributed by atoms with van der Waals surface area (Å²) in [5.74, 6) is -0.514. The number of anilines is 1. The predicted molar refractivity (Wildman–Crippen MR) is 166 cm³/mol. The fraction of sp³-hybridized carbons (Fsp3) is 0.375. The van der Waals surface area contributed by atoms with Crippen LogP contribution in [-0.4, -0.2) is 44.3 Å². The van der Waals surface area contributed by atoms with Gasteiger partial charge in [0, 0.05) is 18.1 Å². The fourth-order valence-corrected chi connectivity index (χ4v) is 6.19. The molecule has 7 nitrogen and oxygen atoms in total. The topological polar surface area (TPSA) is 86.8 Å². The Labute approximate surface area is 249 Å². The van der Waals surface area contributed by atoms with Crippen molar-refractivity contribution in [3.8, 4) is 0 Å². The number of aryl methyl sites for hydroxylation is 3. The van der Waals surface area contributed by atoms with Crippen molar-refractivity contribution in [1.29, 1.82) is 0 Å². The first-order valence-electron chi connectivity index (χ1n) is 13.8. The van der Waals surface area contributed by atoms with Crippen molar-refractivity contribution in [2.45, 2.75) is 65.4 Å². The molecule has 2 amide bonds. The largest absolute Gasteiger partial charge is 0.354 e. The van der Waals surface area contributed by atoms with Crippen molar-refractivity contribution in [3.63, 3.8) is 0 Å². The minimum absolute atomic E-state index is 0.0667. The van der Waals surface area contributed by atoms with E-state index in [1.165, 1.54) is 17.0 Å². The molecule has 0 aliphatic heterocycles. The smallest absolute Gasteiger partial charge is 0.264 e. The molecule has 0 saturated heterocycles. The van der Waals surface area contributed by atoms with E-state index in [9.17, 15) is 18.0 Å². The Balaban J connectivity index is 2.07. The number of carbonyl (C=O) groups excluding carboxylic acids is 2. The summed E-state index contributed by atoms with van der Waals surface area (Å²) >= 11 is 6.19. The van der Waals surface area contributed by atoms with Crippen LogP contribution in [0.1, 0.15) is 49.4 Å². The maximum atomic E-state index is 14.2. The van der Waals surface area contributed by atoms with Gasteiger partial charge in [0.2, 0.25) is 11.8 Å². The van der Waals surface area contributed by atoms with E-state index in [0.717, 1.165) is 21.0 Å². The maximum Gasteiger partial charge on any atom is 0.264 e. The van der Waals surface area contributed by atoms with E-state index >= 15 is 0 Å². The standard InChI is InChI=1S/C32H40ClN3O4S/c1-7-29(32(38)34-19-22(2)3)35(20-26-12-8-23(4)9-13-26)31(37)21-36(30-17-14-27(33)18-25(30)6)41(39,40)28-15-10-24(5)11-16-28/h8-18,22,29H,7,19-21H2,1-6H3,(H,34,38)/t29-/m0/s1. The van der Waals surface area contributed by atoms with Crippen molar-refractivity contribution < 1.29 is 18.0 Å². The lowest BCUT2D eigenvalue weighted by molar-refractivity contribution is -0.140. The fourth-order valence-electron chi connectivity index (χ4n) is 4.48. The lowest BCUT2D eigenvalue weighted by Crippen LogP contribution is -2.52. The van der Waals surface area contributed by atoms with Crippen LogP contribution in [0.2, 0.25) is 5.02 Å². The molecule has 3 rings (SSSR count). The van der Waals surface area contributed by atoms with Crippen LogP contribution in [0.5, 0.6) is 0 Å². The first-order chi connectivity index (χ1) is 19.3. The highest BCUT2D eigenvalue weighted by Crippen LogP contribution is 2.29. The molecular weight excluding hydrogens is 558 g/mol. The molecule has 0 bridgehead atoms. The molecule has 3 aromatic carbocycles. The number of hydrogen-bond donors (Lipinski definition) is 1. The molecule has 0 radical (unpaired) electrons. The average molecular weight is 598 g/mol. The summed E-state index contributed by atoms with van der Waals surface area (Å²) in [7, 11) is -4.15. The molecule has 41 heavy (non-hydrogen) atoms. The first-order valence-corrected chi connectivity index (χ1v) is 15.6. The summed E-state index contributed by atoms with van der Waals surface area (Å²) in [4.78, 5) is 29.0. The third kappa shape index (κ3) is 8.33. The Morgan fingerprint density at radius 2 is 1.49 bits per heavy atom. The van der Waals surface area contributed by atoms with Gasteiger partial charge in [0.25, 0.3) is 10.0 Å². The zero-order valence-electron chi connectivity index (χ0n) is 24.6. The summed E-state index contributed by atoms with van der Waals surface area (Å²) in [5, 5.41) is 3.40. The SMILES string of the molecule is CC[C@@H](C(=O)NCC(C)C)N(Cc1ccc(C)cc1)C(=O)CN(c1ccc(Cl)cc1C)S(=O)(=O)c1ccc(C)cc1. The van der Waals surface area contributed by atoms with E-state index in [1.54, 1.807) is 37.3 Å². The lowest BCUT2D eigenvalue weighted by Gasteiger charge is -2.33. The van der Waals surface area contributed by atoms with Crippen molar-refractivity contribution in [2.24, 2.45) is 5.92 Å². The summed E-state index contributed by atoms with van der Waals surface area (Å²) in [6, 6.07) is 18.3. The molecule has 1 atom stereocenters. The van der Waals surface area contributed by atoms with Crippen LogP contribution in [-0.2, 0) is 26.2 Å². The Bertz CT molecular complexity index is 1460. The minimum Gasteiger partial charge on any atom is -0.354 e. The molecule has 0 aromatic heterocycles. The molecule has 3 aromatic rings. The van der Waals surface area contributed by atoms with E-state index in [4.69, 9.17) is 11.6 Å². The Morgan fingerprint density at radius 1 is 0.902 bits per heavy atom. The van der Waals surface area contributed by atoms with E-state index < -0.39 is 28.5 Å². The molecule has 0 spiro atoms. The number of nitrogens with one attached hydrogen (secondary N) is 1. The maximum absolute atomic E-state index is 14.2. The molecule has 220 valence electrons. The van der Waals surface area contributed by atoms with Gasteiger partial charge in [-0.05, 0) is 74.6 Å². The number of nitrogens with zero attached hydrogens (tertiary/aromatic N) is 2. The molecular formula is C32H40ClN3O4S. The molecule has 1 N–H and O–H groups in total. The molecule has 0 aliphatic rings. The second kappa shape index (κ2) is 14.0. The summed E-state index contributed by atoms with van der Waals surface area (Å²) < 4.78 is 29.2.